The predicted molar refractivity (Wildman–Crippen MR) is 83.6 cm³/mol. The van der Waals surface area contributed by atoms with Gasteiger partial charge in [-0.2, -0.15) is 5.10 Å². The Bertz CT molecular complexity index is 680. The molecule has 0 atom stereocenters. The Balaban J connectivity index is 2.08. The molecule has 21 heavy (non-hydrogen) atoms. The average Bonchev–Trinajstić information content (AvgIpc) is 2.36. The summed E-state index contributed by atoms with van der Waals surface area (Å²) in [6.45, 7) is 0. The Morgan fingerprint density at radius 1 is 0.952 bits per heavy atom. The van der Waals surface area contributed by atoms with Crippen molar-refractivity contribution in [3.63, 3.8) is 0 Å². The van der Waals surface area contributed by atoms with Crippen molar-refractivity contribution in [2.75, 3.05) is 0 Å². The summed E-state index contributed by atoms with van der Waals surface area (Å²) in [7, 11) is 0. The third-order valence-electron chi connectivity index (χ3n) is 2.19. The van der Waals surface area contributed by atoms with Crippen LogP contribution in [0.1, 0.15) is 15.9 Å². The van der Waals surface area contributed by atoms with Crippen molar-refractivity contribution in [3.8, 4) is 0 Å². The van der Waals surface area contributed by atoms with E-state index in [1.807, 2.05) is 0 Å². The number of nitrogens with one attached hydrogen (secondary N) is 1. The zero-order valence-electron chi connectivity index (χ0n) is 10.1. The van der Waals surface area contributed by atoms with E-state index >= 15 is 0 Å². The molecule has 2 aromatic rings. The number of aromatic nitrogens is 2. The fourth-order valence-corrected chi connectivity index (χ4v) is 2.32. The molecule has 0 aliphatic rings. The summed E-state index contributed by atoms with van der Waals surface area (Å²) in [6.07, 6.45) is 1.38. The minimum absolute atomic E-state index is 0.115. The fraction of sp³-hybridized carbons (Fsp3) is 0. The first kappa shape index (κ1) is 16.0. The summed E-state index contributed by atoms with van der Waals surface area (Å²) < 4.78 is 0. The number of hydrazone groups is 1. The van der Waals surface area contributed by atoms with Gasteiger partial charge in [0.15, 0.2) is 0 Å². The molecular formula is C12H6Cl4N4O. The number of hydrogen-bond donors (Lipinski definition) is 1. The van der Waals surface area contributed by atoms with E-state index in [1.165, 1.54) is 18.3 Å². The van der Waals surface area contributed by atoms with Gasteiger partial charge in [-0.15, -0.1) is 0 Å². The van der Waals surface area contributed by atoms with E-state index in [2.05, 4.69) is 20.5 Å². The van der Waals surface area contributed by atoms with E-state index in [1.54, 1.807) is 12.1 Å². The zero-order chi connectivity index (χ0) is 15.4. The first-order chi connectivity index (χ1) is 9.94. The quantitative estimate of drug-likeness (QED) is 0.511. The van der Waals surface area contributed by atoms with Gasteiger partial charge in [0.05, 0.1) is 6.21 Å². The van der Waals surface area contributed by atoms with Crippen molar-refractivity contribution < 1.29 is 4.79 Å². The van der Waals surface area contributed by atoms with Gasteiger partial charge in [-0.25, -0.2) is 15.4 Å². The molecule has 1 amide bonds. The summed E-state index contributed by atoms with van der Waals surface area (Å²) in [5.41, 5.74) is 3.15. The van der Waals surface area contributed by atoms with E-state index < -0.39 is 5.91 Å². The number of rotatable bonds is 3. The largest absolute Gasteiger partial charge is 0.271 e. The standard InChI is InChI=1S/C12H6Cl4N4O/c13-8-1-6(2-9(14)18-8)5-17-20-12(21)7-3-10(15)19-11(16)4-7/h1-5H,(H,20,21)/b17-5+. The van der Waals surface area contributed by atoms with Crippen LogP contribution in [0, 0.1) is 0 Å². The summed E-state index contributed by atoms with van der Waals surface area (Å²) in [5, 5.41) is 4.46. The zero-order valence-corrected chi connectivity index (χ0v) is 13.2. The molecule has 0 radical (unpaired) electrons. The topological polar surface area (TPSA) is 67.2 Å². The Labute approximate surface area is 139 Å². The normalized spacial score (nSPS) is 10.9. The summed E-state index contributed by atoms with van der Waals surface area (Å²) in [5.74, 6) is -0.483. The van der Waals surface area contributed by atoms with Crippen molar-refractivity contribution >= 4 is 58.5 Å². The van der Waals surface area contributed by atoms with Crippen LogP contribution in [-0.2, 0) is 0 Å². The third-order valence-corrected chi connectivity index (χ3v) is 2.96. The number of carbonyl (C=O) groups excluding carboxylic acids is 1. The average molecular weight is 364 g/mol. The molecule has 0 aromatic carbocycles. The second-order valence-corrected chi connectivity index (χ2v) is 5.30. The van der Waals surface area contributed by atoms with Crippen LogP contribution in [0.15, 0.2) is 29.4 Å². The molecule has 0 spiro atoms. The molecule has 0 bridgehead atoms. The molecule has 9 heteroatoms. The molecular weight excluding hydrogens is 358 g/mol. The second kappa shape index (κ2) is 7.04. The molecule has 2 heterocycles. The van der Waals surface area contributed by atoms with Crippen molar-refractivity contribution in [3.05, 3.63) is 56.0 Å². The molecule has 1 N–H and O–H groups in total. The van der Waals surface area contributed by atoms with Crippen LogP contribution < -0.4 is 5.43 Å². The van der Waals surface area contributed by atoms with E-state index in [0.29, 0.717) is 5.56 Å². The van der Waals surface area contributed by atoms with E-state index in [0.717, 1.165) is 0 Å². The minimum Gasteiger partial charge on any atom is -0.267 e. The molecule has 0 aliphatic heterocycles. The van der Waals surface area contributed by atoms with Crippen LogP contribution in [0.25, 0.3) is 0 Å². The lowest BCUT2D eigenvalue weighted by atomic mass is 10.2. The molecule has 2 rings (SSSR count). The van der Waals surface area contributed by atoms with Gasteiger partial charge in [0.1, 0.15) is 20.6 Å². The monoisotopic (exact) mass is 362 g/mol. The summed E-state index contributed by atoms with van der Waals surface area (Å²) in [6, 6.07) is 5.84. The second-order valence-electron chi connectivity index (χ2n) is 3.75. The van der Waals surface area contributed by atoms with E-state index in [-0.39, 0.29) is 26.2 Å². The highest BCUT2D eigenvalue weighted by Crippen LogP contribution is 2.15. The van der Waals surface area contributed by atoms with E-state index in [4.69, 9.17) is 46.4 Å². The number of halogens is 4. The first-order valence-electron chi connectivity index (χ1n) is 5.43. The SMILES string of the molecule is O=C(N/N=C/c1cc(Cl)nc(Cl)c1)c1cc(Cl)nc(Cl)c1. The lowest BCUT2D eigenvalue weighted by Crippen LogP contribution is -2.17. The highest BCUT2D eigenvalue weighted by molar-refractivity contribution is 6.33. The Hall–Kier alpha value is -1.40. The van der Waals surface area contributed by atoms with Crippen LogP contribution >= 0.6 is 46.4 Å². The maximum absolute atomic E-state index is 11.8. The van der Waals surface area contributed by atoms with Gasteiger partial charge in [0, 0.05) is 11.1 Å². The predicted octanol–water partition coefficient (Wildman–Crippen LogP) is 3.85. The molecule has 0 aliphatic carbocycles. The summed E-state index contributed by atoms with van der Waals surface area (Å²) in [4.78, 5) is 19.4. The molecule has 5 nitrogen and oxygen atoms in total. The Morgan fingerprint density at radius 2 is 1.43 bits per heavy atom. The van der Waals surface area contributed by atoms with Gasteiger partial charge < -0.3 is 0 Å². The molecule has 0 unspecified atom stereocenters. The van der Waals surface area contributed by atoms with Gasteiger partial charge in [-0.3, -0.25) is 4.79 Å². The van der Waals surface area contributed by atoms with Gasteiger partial charge in [0.2, 0.25) is 0 Å². The maximum atomic E-state index is 11.8. The van der Waals surface area contributed by atoms with E-state index in [9.17, 15) is 4.79 Å². The van der Waals surface area contributed by atoms with Crippen molar-refractivity contribution in [1.82, 2.24) is 15.4 Å². The van der Waals surface area contributed by atoms with Crippen molar-refractivity contribution in [1.29, 1.82) is 0 Å². The van der Waals surface area contributed by atoms with Crippen molar-refractivity contribution in [2.45, 2.75) is 0 Å². The number of amides is 1. The smallest absolute Gasteiger partial charge is 0.267 e. The van der Waals surface area contributed by atoms with Crippen LogP contribution in [0.4, 0.5) is 0 Å². The summed E-state index contributed by atoms with van der Waals surface area (Å²) >= 11 is 22.9. The number of hydrogen-bond acceptors (Lipinski definition) is 4. The third kappa shape index (κ3) is 4.82. The number of nitrogens with zero attached hydrogens (tertiary/aromatic N) is 3. The van der Waals surface area contributed by atoms with Crippen LogP contribution in [0.2, 0.25) is 20.6 Å². The van der Waals surface area contributed by atoms with Gasteiger partial charge in [-0.1, -0.05) is 46.4 Å². The van der Waals surface area contributed by atoms with Gasteiger partial charge in [-0.05, 0) is 24.3 Å². The minimum atomic E-state index is -0.483. The van der Waals surface area contributed by atoms with Gasteiger partial charge >= 0.3 is 0 Å². The lowest BCUT2D eigenvalue weighted by molar-refractivity contribution is 0.0955. The maximum Gasteiger partial charge on any atom is 0.271 e. The molecule has 108 valence electrons. The van der Waals surface area contributed by atoms with Crippen LogP contribution in [0.3, 0.4) is 0 Å². The fourth-order valence-electron chi connectivity index (χ4n) is 1.38. The van der Waals surface area contributed by atoms with Crippen LogP contribution in [-0.4, -0.2) is 22.1 Å². The molecule has 0 saturated carbocycles. The number of pyridine rings is 2. The van der Waals surface area contributed by atoms with Crippen LogP contribution in [0.5, 0.6) is 0 Å². The molecule has 0 saturated heterocycles. The number of carbonyl (C=O) groups is 1. The highest BCUT2D eigenvalue weighted by atomic mass is 35.5. The Morgan fingerprint density at radius 3 is 1.95 bits per heavy atom. The van der Waals surface area contributed by atoms with Crippen molar-refractivity contribution in [2.24, 2.45) is 5.10 Å². The molecule has 2 aromatic heterocycles. The molecule has 0 fully saturated rings. The lowest BCUT2D eigenvalue weighted by Gasteiger charge is -2.01. The first-order valence-corrected chi connectivity index (χ1v) is 6.95. The highest BCUT2D eigenvalue weighted by Gasteiger charge is 2.07. The Kier molecular flexibility index (Phi) is 5.36. The van der Waals surface area contributed by atoms with Gasteiger partial charge in [0.25, 0.3) is 5.91 Å².